The van der Waals surface area contributed by atoms with Crippen LogP contribution in [0.5, 0.6) is 5.75 Å². The molecule has 3 aromatic carbocycles. The SMILES string of the molecule is COc1ccc(CN(C(=O)CCc2ccccc2)[C@@H](C(=O)NCCCO)c2ccccc2)cc1. The van der Waals surface area contributed by atoms with Crippen LogP contribution in [0.3, 0.4) is 0 Å². The summed E-state index contributed by atoms with van der Waals surface area (Å²) in [4.78, 5) is 28.5. The van der Waals surface area contributed by atoms with Gasteiger partial charge in [-0.25, -0.2) is 0 Å². The molecule has 6 nitrogen and oxygen atoms in total. The Kier molecular flexibility index (Phi) is 9.67. The molecular formula is C28H32N2O4. The van der Waals surface area contributed by atoms with Gasteiger partial charge < -0.3 is 20.1 Å². The highest BCUT2D eigenvalue weighted by Crippen LogP contribution is 2.26. The number of aliphatic hydroxyl groups excluding tert-OH is 1. The van der Waals surface area contributed by atoms with Crippen LogP contribution in [-0.4, -0.2) is 42.1 Å². The van der Waals surface area contributed by atoms with Crippen molar-refractivity contribution in [2.24, 2.45) is 0 Å². The molecule has 0 spiro atoms. The summed E-state index contributed by atoms with van der Waals surface area (Å²) >= 11 is 0. The molecule has 0 heterocycles. The quantitative estimate of drug-likeness (QED) is 0.402. The molecule has 0 aliphatic rings. The van der Waals surface area contributed by atoms with Crippen molar-refractivity contribution >= 4 is 11.8 Å². The average molecular weight is 461 g/mol. The van der Waals surface area contributed by atoms with E-state index in [-0.39, 0.29) is 31.4 Å². The maximum atomic E-state index is 13.6. The van der Waals surface area contributed by atoms with E-state index in [0.29, 0.717) is 19.4 Å². The first-order valence-electron chi connectivity index (χ1n) is 11.5. The number of hydrogen-bond donors (Lipinski definition) is 2. The molecule has 2 N–H and O–H groups in total. The normalized spacial score (nSPS) is 11.5. The molecule has 0 radical (unpaired) electrons. The third-order valence-corrected chi connectivity index (χ3v) is 5.61. The fourth-order valence-electron chi connectivity index (χ4n) is 3.79. The Hall–Kier alpha value is -3.64. The second kappa shape index (κ2) is 13.2. The van der Waals surface area contributed by atoms with E-state index in [1.165, 1.54) is 0 Å². The van der Waals surface area contributed by atoms with Gasteiger partial charge in [0.15, 0.2) is 0 Å². The van der Waals surface area contributed by atoms with Gasteiger partial charge in [-0.1, -0.05) is 72.8 Å². The maximum Gasteiger partial charge on any atom is 0.247 e. The number of aliphatic hydroxyl groups is 1. The minimum Gasteiger partial charge on any atom is -0.497 e. The Labute approximate surface area is 201 Å². The smallest absolute Gasteiger partial charge is 0.247 e. The van der Waals surface area contributed by atoms with Gasteiger partial charge in [0.25, 0.3) is 0 Å². The predicted molar refractivity (Wildman–Crippen MR) is 132 cm³/mol. The zero-order valence-corrected chi connectivity index (χ0v) is 19.5. The topological polar surface area (TPSA) is 78.9 Å². The van der Waals surface area contributed by atoms with Gasteiger partial charge >= 0.3 is 0 Å². The van der Waals surface area contributed by atoms with E-state index < -0.39 is 6.04 Å². The molecule has 0 fully saturated rings. The highest BCUT2D eigenvalue weighted by molar-refractivity contribution is 5.88. The Morgan fingerprint density at radius 2 is 1.56 bits per heavy atom. The first kappa shape index (κ1) is 25.0. The van der Waals surface area contributed by atoms with E-state index in [2.05, 4.69) is 5.32 Å². The van der Waals surface area contributed by atoms with Crippen LogP contribution in [0, 0.1) is 0 Å². The van der Waals surface area contributed by atoms with Crippen LogP contribution in [-0.2, 0) is 22.6 Å². The number of nitrogens with one attached hydrogen (secondary N) is 1. The lowest BCUT2D eigenvalue weighted by Gasteiger charge is -2.32. The molecule has 0 aliphatic carbocycles. The molecule has 6 heteroatoms. The number of carbonyl (C=O) groups is 2. The Balaban J connectivity index is 1.90. The summed E-state index contributed by atoms with van der Waals surface area (Å²) in [6.07, 6.45) is 1.33. The summed E-state index contributed by atoms with van der Waals surface area (Å²) < 4.78 is 5.25. The molecule has 3 rings (SSSR count). The fraction of sp³-hybridized carbons (Fsp3) is 0.286. The lowest BCUT2D eigenvalue weighted by molar-refractivity contribution is -0.141. The van der Waals surface area contributed by atoms with Gasteiger partial charge in [-0.3, -0.25) is 9.59 Å². The fourth-order valence-corrected chi connectivity index (χ4v) is 3.79. The van der Waals surface area contributed by atoms with Crippen LogP contribution in [0.1, 0.15) is 35.6 Å². The molecule has 0 aromatic heterocycles. The summed E-state index contributed by atoms with van der Waals surface area (Å²) in [5.74, 6) is 0.360. The van der Waals surface area contributed by atoms with E-state index in [1.54, 1.807) is 12.0 Å². The summed E-state index contributed by atoms with van der Waals surface area (Å²) in [7, 11) is 1.61. The predicted octanol–water partition coefficient (Wildman–Crippen LogP) is 3.90. The van der Waals surface area contributed by atoms with Crippen LogP contribution in [0.4, 0.5) is 0 Å². The van der Waals surface area contributed by atoms with Crippen molar-refractivity contribution in [3.8, 4) is 5.75 Å². The molecule has 0 aliphatic heterocycles. The number of rotatable bonds is 12. The zero-order valence-electron chi connectivity index (χ0n) is 19.5. The standard InChI is InChI=1S/C28H32N2O4/c1-34-25-16-13-23(14-17-25)21-30(26(32)18-15-22-9-4-2-5-10-22)27(24-11-6-3-7-12-24)28(33)29-19-8-20-31/h2-7,9-14,16-17,27,31H,8,15,18-21H2,1H3,(H,29,33)/t27-/m1/s1. The van der Waals surface area contributed by atoms with Crippen molar-refractivity contribution < 1.29 is 19.4 Å². The van der Waals surface area contributed by atoms with E-state index in [1.807, 2.05) is 84.9 Å². The molecular weight excluding hydrogens is 428 g/mol. The minimum absolute atomic E-state index is 0.0121. The van der Waals surface area contributed by atoms with Gasteiger partial charge in [0.2, 0.25) is 11.8 Å². The highest BCUT2D eigenvalue weighted by Gasteiger charge is 2.31. The molecule has 3 aromatic rings. The van der Waals surface area contributed by atoms with Crippen molar-refractivity contribution in [1.82, 2.24) is 10.2 Å². The average Bonchev–Trinajstić information content (AvgIpc) is 2.88. The monoisotopic (exact) mass is 460 g/mol. The molecule has 2 amide bonds. The largest absolute Gasteiger partial charge is 0.497 e. The zero-order chi connectivity index (χ0) is 24.2. The van der Waals surface area contributed by atoms with Crippen LogP contribution in [0.25, 0.3) is 0 Å². The van der Waals surface area contributed by atoms with Crippen molar-refractivity contribution in [2.75, 3.05) is 20.3 Å². The van der Waals surface area contributed by atoms with Crippen LogP contribution < -0.4 is 10.1 Å². The molecule has 0 saturated carbocycles. The number of benzene rings is 3. The molecule has 178 valence electrons. The molecule has 0 bridgehead atoms. The van der Waals surface area contributed by atoms with Crippen molar-refractivity contribution in [1.29, 1.82) is 0 Å². The molecule has 0 unspecified atom stereocenters. The number of carbonyl (C=O) groups excluding carboxylic acids is 2. The van der Waals surface area contributed by atoms with Gasteiger partial charge in [-0.2, -0.15) is 0 Å². The molecule has 34 heavy (non-hydrogen) atoms. The Bertz CT molecular complexity index is 1020. The van der Waals surface area contributed by atoms with E-state index in [0.717, 1.165) is 22.4 Å². The summed E-state index contributed by atoms with van der Waals surface area (Å²) in [6, 6.07) is 25.9. The lowest BCUT2D eigenvalue weighted by atomic mass is 10.0. The minimum atomic E-state index is -0.787. The van der Waals surface area contributed by atoms with E-state index in [4.69, 9.17) is 9.84 Å². The van der Waals surface area contributed by atoms with Gasteiger partial charge in [-0.05, 0) is 41.7 Å². The van der Waals surface area contributed by atoms with Crippen molar-refractivity contribution in [2.45, 2.75) is 31.8 Å². The first-order valence-corrected chi connectivity index (χ1v) is 11.5. The van der Waals surface area contributed by atoms with Gasteiger partial charge in [0, 0.05) is 26.1 Å². The van der Waals surface area contributed by atoms with Gasteiger partial charge in [-0.15, -0.1) is 0 Å². The molecule has 0 saturated heterocycles. The number of hydrogen-bond acceptors (Lipinski definition) is 4. The van der Waals surface area contributed by atoms with E-state index in [9.17, 15) is 9.59 Å². The third kappa shape index (κ3) is 7.18. The summed E-state index contributed by atoms with van der Waals surface area (Å²) in [5.41, 5.74) is 2.72. The van der Waals surface area contributed by atoms with Crippen LogP contribution in [0.2, 0.25) is 0 Å². The second-order valence-electron chi connectivity index (χ2n) is 8.04. The summed E-state index contributed by atoms with van der Waals surface area (Å²) in [5, 5.41) is 12.0. The number of aryl methyl sites for hydroxylation is 1. The van der Waals surface area contributed by atoms with Crippen LogP contribution in [0.15, 0.2) is 84.9 Å². The Morgan fingerprint density at radius 1 is 0.912 bits per heavy atom. The van der Waals surface area contributed by atoms with Crippen molar-refractivity contribution in [3.05, 3.63) is 102 Å². The van der Waals surface area contributed by atoms with Gasteiger partial charge in [0.1, 0.15) is 11.8 Å². The van der Waals surface area contributed by atoms with Crippen molar-refractivity contribution in [3.63, 3.8) is 0 Å². The molecule has 1 atom stereocenters. The highest BCUT2D eigenvalue weighted by atomic mass is 16.5. The maximum absolute atomic E-state index is 13.6. The van der Waals surface area contributed by atoms with Crippen LogP contribution >= 0.6 is 0 Å². The van der Waals surface area contributed by atoms with Gasteiger partial charge in [0.05, 0.1) is 7.11 Å². The second-order valence-corrected chi connectivity index (χ2v) is 8.04. The number of methoxy groups -OCH3 is 1. The lowest BCUT2D eigenvalue weighted by Crippen LogP contribution is -2.43. The number of amides is 2. The Morgan fingerprint density at radius 3 is 2.18 bits per heavy atom. The third-order valence-electron chi connectivity index (χ3n) is 5.61. The number of ether oxygens (including phenoxy) is 1. The van der Waals surface area contributed by atoms with E-state index >= 15 is 0 Å². The summed E-state index contributed by atoms with van der Waals surface area (Å²) in [6.45, 7) is 0.611. The first-order chi connectivity index (χ1) is 16.6. The number of nitrogens with zero attached hydrogens (tertiary/aromatic N) is 1.